The standard InChI is InChI=1S/C14H12N2S/c1-17-13-5-2-10(3-6-13)11-4-7-14(16)12(8-11)9-15/h2-8H,16H2,1H3. The van der Waals surface area contributed by atoms with Gasteiger partial charge in [0.15, 0.2) is 0 Å². The minimum absolute atomic E-state index is 0.524. The number of nitriles is 1. The molecule has 0 aliphatic carbocycles. The predicted molar refractivity (Wildman–Crippen MR) is 72.8 cm³/mol. The van der Waals surface area contributed by atoms with Crippen molar-refractivity contribution in [1.29, 1.82) is 5.26 Å². The number of benzene rings is 2. The molecule has 84 valence electrons. The summed E-state index contributed by atoms with van der Waals surface area (Å²) in [5, 5.41) is 8.94. The minimum atomic E-state index is 0.524. The summed E-state index contributed by atoms with van der Waals surface area (Å²) in [5.74, 6) is 0. The molecule has 0 atom stereocenters. The summed E-state index contributed by atoms with van der Waals surface area (Å²) in [7, 11) is 0. The number of rotatable bonds is 2. The average Bonchev–Trinajstić information content (AvgIpc) is 2.39. The molecule has 3 heteroatoms. The van der Waals surface area contributed by atoms with Gasteiger partial charge in [0.05, 0.1) is 5.56 Å². The van der Waals surface area contributed by atoms with E-state index in [1.807, 2.05) is 18.4 Å². The Kier molecular flexibility index (Phi) is 3.36. The van der Waals surface area contributed by atoms with Crippen molar-refractivity contribution < 1.29 is 0 Å². The average molecular weight is 240 g/mol. The van der Waals surface area contributed by atoms with E-state index in [4.69, 9.17) is 11.0 Å². The number of anilines is 1. The molecule has 2 nitrogen and oxygen atoms in total. The van der Waals surface area contributed by atoms with Crippen molar-refractivity contribution in [2.24, 2.45) is 0 Å². The first-order valence-corrected chi connectivity index (χ1v) is 6.41. The molecule has 17 heavy (non-hydrogen) atoms. The highest BCUT2D eigenvalue weighted by molar-refractivity contribution is 7.98. The van der Waals surface area contributed by atoms with Crippen LogP contribution in [0.2, 0.25) is 0 Å². The molecule has 0 aliphatic rings. The summed E-state index contributed by atoms with van der Waals surface area (Å²) in [4.78, 5) is 1.23. The highest BCUT2D eigenvalue weighted by Crippen LogP contribution is 2.25. The van der Waals surface area contributed by atoms with Gasteiger partial charge in [-0.15, -0.1) is 11.8 Å². The van der Waals surface area contributed by atoms with Gasteiger partial charge in [0.25, 0.3) is 0 Å². The fourth-order valence-electron chi connectivity index (χ4n) is 1.62. The number of nitrogen functional groups attached to an aromatic ring is 1. The molecule has 0 heterocycles. The molecule has 2 aromatic carbocycles. The molecule has 0 unspecified atom stereocenters. The van der Waals surface area contributed by atoms with Crippen molar-refractivity contribution in [3.05, 3.63) is 48.0 Å². The van der Waals surface area contributed by atoms with Gasteiger partial charge in [0.2, 0.25) is 0 Å². The van der Waals surface area contributed by atoms with E-state index in [1.165, 1.54) is 4.90 Å². The number of thioether (sulfide) groups is 1. The van der Waals surface area contributed by atoms with Gasteiger partial charge in [0.1, 0.15) is 6.07 Å². The molecule has 2 N–H and O–H groups in total. The second-order valence-electron chi connectivity index (χ2n) is 3.64. The van der Waals surface area contributed by atoms with Crippen molar-refractivity contribution in [3.63, 3.8) is 0 Å². The summed E-state index contributed by atoms with van der Waals surface area (Å²) in [6, 6.07) is 15.9. The minimum Gasteiger partial charge on any atom is -0.398 e. The Hall–Kier alpha value is -1.92. The van der Waals surface area contributed by atoms with Crippen LogP contribution in [0.15, 0.2) is 47.4 Å². The van der Waals surface area contributed by atoms with Gasteiger partial charge in [0, 0.05) is 10.6 Å². The monoisotopic (exact) mass is 240 g/mol. The maximum Gasteiger partial charge on any atom is 0.101 e. The summed E-state index contributed by atoms with van der Waals surface area (Å²) in [6.07, 6.45) is 2.05. The normalized spacial score (nSPS) is 9.88. The van der Waals surface area contributed by atoms with Gasteiger partial charge in [-0.3, -0.25) is 0 Å². The van der Waals surface area contributed by atoms with Gasteiger partial charge in [-0.1, -0.05) is 18.2 Å². The van der Waals surface area contributed by atoms with Gasteiger partial charge in [-0.2, -0.15) is 5.26 Å². The molecule has 0 spiro atoms. The molecule has 0 aliphatic heterocycles. The fraction of sp³-hybridized carbons (Fsp3) is 0.0714. The summed E-state index contributed by atoms with van der Waals surface area (Å²) >= 11 is 1.71. The zero-order valence-corrected chi connectivity index (χ0v) is 10.3. The third kappa shape index (κ3) is 2.43. The van der Waals surface area contributed by atoms with Crippen LogP contribution in [-0.2, 0) is 0 Å². The van der Waals surface area contributed by atoms with Gasteiger partial charge in [-0.25, -0.2) is 0 Å². The van der Waals surface area contributed by atoms with Crippen LogP contribution in [0.4, 0.5) is 5.69 Å². The van der Waals surface area contributed by atoms with E-state index in [0.717, 1.165) is 11.1 Å². The van der Waals surface area contributed by atoms with Crippen molar-refractivity contribution in [3.8, 4) is 17.2 Å². The quantitative estimate of drug-likeness (QED) is 0.645. The zero-order chi connectivity index (χ0) is 12.3. The van der Waals surface area contributed by atoms with Crippen LogP contribution < -0.4 is 5.73 Å². The smallest absolute Gasteiger partial charge is 0.101 e. The molecule has 0 radical (unpaired) electrons. The maximum absolute atomic E-state index is 8.94. The molecule has 2 aromatic rings. The lowest BCUT2D eigenvalue weighted by Crippen LogP contribution is -1.90. The summed E-state index contributed by atoms with van der Waals surface area (Å²) in [5.41, 5.74) is 8.86. The van der Waals surface area contributed by atoms with Gasteiger partial charge in [-0.05, 0) is 41.6 Å². The molecule has 0 saturated heterocycles. The molecule has 0 aromatic heterocycles. The van der Waals surface area contributed by atoms with Crippen molar-refractivity contribution >= 4 is 17.4 Å². The Morgan fingerprint density at radius 2 is 1.71 bits per heavy atom. The Labute approximate surface area is 105 Å². The lowest BCUT2D eigenvalue weighted by Gasteiger charge is -2.05. The van der Waals surface area contributed by atoms with Gasteiger partial charge >= 0.3 is 0 Å². The highest BCUT2D eigenvalue weighted by atomic mass is 32.2. The van der Waals surface area contributed by atoms with E-state index in [1.54, 1.807) is 17.8 Å². The van der Waals surface area contributed by atoms with Crippen LogP contribution in [-0.4, -0.2) is 6.26 Å². The van der Waals surface area contributed by atoms with Crippen molar-refractivity contribution in [1.82, 2.24) is 0 Å². The van der Waals surface area contributed by atoms with E-state index >= 15 is 0 Å². The lowest BCUT2D eigenvalue weighted by atomic mass is 10.0. The molecule has 0 amide bonds. The maximum atomic E-state index is 8.94. The lowest BCUT2D eigenvalue weighted by molar-refractivity contribution is 1.45. The third-order valence-electron chi connectivity index (χ3n) is 2.60. The second-order valence-corrected chi connectivity index (χ2v) is 4.52. The summed E-state index contributed by atoms with van der Waals surface area (Å²) in [6.45, 7) is 0. The third-order valence-corrected chi connectivity index (χ3v) is 3.34. The Morgan fingerprint density at radius 1 is 1.06 bits per heavy atom. The first kappa shape index (κ1) is 11.6. The number of nitrogens with zero attached hydrogens (tertiary/aromatic N) is 1. The molecule has 0 saturated carbocycles. The van der Waals surface area contributed by atoms with E-state index in [2.05, 4.69) is 30.3 Å². The number of nitrogens with two attached hydrogens (primary N) is 1. The number of hydrogen-bond acceptors (Lipinski definition) is 3. The summed E-state index contributed by atoms with van der Waals surface area (Å²) < 4.78 is 0. The molecule has 0 bridgehead atoms. The number of hydrogen-bond donors (Lipinski definition) is 1. The molecular formula is C14H12N2S. The first-order chi connectivity index (χ1) is 8.24. The van der Waals surface area contributed by atoms with Crippen LogP contribution in [0.25, 0.3) is 11.1 Å². The fourth-order valence-corrected chi connectivity index (χ4v) is 2.02. The topological polar surface area (TPSA) is 49.8 Å². The van der Waals surface area contributed by atoms with E-state index < -0.39 is 0 Å². The van der Waals surface area contributed by atoms with Crippen LogP contribution >= 0.6 is 11.8 Å². The Bertz CT molecular complexity index is 568. The van der Waals surface area contributed by atoms with Crippen LogP contribution in [0, 0.1) is 11.3 Å². The first-order valence-electron chi connectivity index (χ1n) is 5.18. The molecule has 0 fully saturated rings. The molecule has 2 rings (SSSR count). The van der Waals surface area contributed by atoms with Gasteiger partial charge < -0.3 is 5.73 Å². The largest absolute Gasteiger partial charge is 0.398 e. The predicted octanol–water partition coefficient (Wildman–Crippen LogP) is 3.53. The highest BCUT2D eigenvalue weighted by Gasteiger charge is 2.02. The SMILES string of the molecule is CSc1ccc(-c2ccc(N)c(C#N)c2)cc1. The van der Waals surface area contributed by atoms with E-state index in [-0.39, 0.29) is 0 Å². The van der Waals surface area contributed by atoms with Crippen LogP contribution in [0.5, 0.6) is 0 Å². The van der Waals surface area contributed by atoms with Crippen molar-refractivity contribution in [2.75, 3.05) is 12.0 Å². The van der Waals surface area contributed by atoms with Crippen LogP contribution in [0.1, 0.15) is 5.56 Å². The Morgan fingerprint density at radius 3 is 2.29 bits per heavy atom. The van der Waals surface area contributed by atoms with E-state index in [9.17, 15) is 0 Å². The second kappa shape index (κ2) is 4.94. The molecular weight excluding hydrogens is 228 g/mol. The van der Waals surface area contributed by atoms with Crippen molar-refractivity contribution in [2.45, 2.75) is 4.90 Å². The van der Waals surface area contributed by atoms with Crippen LogP contribution in [0.3, 0.4) is 0 Å². The van der Waals surface area contributed by atoms with E-state index in [0.29, 0.717) is 11.3 Å². The Balaban J connectivity index is 2.43. The zero-order valence-electron chi connectivity index (χ0n) is 9.47.